The molecule has 0 spiro atoms. The molecule has 4 nitrogen and oxygen atoms in total. The Hall–Kier alpha value is -2.72. The third-order valence-electron chi connectivity index (χ3n) is 4.13. The lowest BCUT2D eigenvalue weighted by Crippen LogP contribution is -2.26. The van der Waals surface area contributed by atoms with Crippen LogP contribution in [0.2, 0.25) is 0 Å². The molecule has 1 aromatic carbocycles. The summed E-state index contributed by atoms with van der Waals surface area (Å²) < 4.78 is 5.20. The lowest BCUT2D eigenvalue weighted by molar-refractivity contribution is 0.130. The number of ether oxygens (including phenoxy) is 1. The Bertz CT molecular complexity index is 798. The van der Waals surface area contributed by atoms with Gasteiger partial charge in [-0.2, -0.15) is 0 Å². The normalized spacial score (nSPS) is 14.3. The molecular weight excluding hydrogens is 276 g/mol. The number of pyridine rings is 2. The Morgan fingerprint density at radius 1 is 0.864 bits per heavy atom. The van der Waals surface area contributed by atoms with Crippen LogP contribution in [-0.2, 0) is 5.60 Å². The highest BCUT2D eigenvalue weighted by atomic mass is 16.5. The first-order valence-electron chi connectivity index (χ1n) is 7.03. The number of benzene rings is 1. The van der Waals surface area contributed by atoms with E-state index in [1.165, 1.54) is 0 Å². The molecule has 4 rings (SSSR count). The van der Waals surface area contributed by atoms with Gasteiger partial charge >= 0.3 is 0 Å². The van der Waals surface area contributed by atoms with E-state index in [1.54, 1.807) is 19.5 Å². The van der Waals surface area contributed by atoms with E-state index in [9.17, 15) is 5.11 Å². The number of hydrogen-bond acceptors (Lipinski definition) is 4. The van der Waals surface area contributed by atoms with Gasteiger partial charge < -0.3 is 9.84 Å². The number of nitrogens with zero attached hydrogens (tertiary/aromatic N) is 2. The van der Waals surface area contributed by atoms with Crippen LogP contribution < -0.4 is 4.74 Å². The van der Waals surface area contributed by atoms with Gasteiger partial charge in [-0.25, -0.2) is 0 Å². The minimum absolute atomic E-state index is 0.733. The summed E-state index contributed by atoms with van der Waals surface area (Å²) in [6.07, 6.45) is 3.44. The molecular formula is C18H14N2O2. The number of aliphatic hydroxyl groups is 1. The predicted molar refractivity (Wildman–Crippen MR) is 82.6 cm³/mol. The van der Waals surface area contributed by atoms with Gasteiger partial charge in [0.2, 0.25) is 0 Å². The first kappa shape index (κ1) is 13.0. The van der Waals surface area contributed by atoms with E-state index in [0.717, 1.165) is 33.8 Å². The molecule has 0 saturated carbocycles. The van der Waals surface area contributed by atoms with Crippen molar-refractivity contribution < 1.29 is 9.84 Å². The molecule has 0 aliphatic heterocycles. The number of fused-ring (bicyclic) bond motifs is 3. The lowest BCUT2D eigenvalue weighted by Gasteiger charge is -2.26. The molecule has 22 heavy (non-hydrogen) atoms. The second-order valence-corrected chi connectivity index (χ2v) is 5.24. The number of rotatable bonds is 2. The Balaban J connectivity index is 2.00. The molecule has 0 radical (unpaired) electrons. The maximum Gasteiger partial charge on any atom is 0.144 e. The van der Waals surface area contributed by atoms with E-state index in [1.807, 2.05) is 48.5 Å². The van der Waals surface area contributed by atoms with Crippen LogP contribution in [0, 0.1) is 0 Å². The maximum absolute atomic E-state index is 11.5. The van der Waals surface area contributed by atoms with Crippen molar-refractivity contribution in [1.82, 2.24) is 9.97 Å². The molecule has 1 N–H and O–H groups in total. The van der Waals surface area contributed by atoms with E-state index < -0.39 is 5.60 Å². The largest absolute Gasteiger partial charge is 0.497 e. The van der Waals surface area contributed by atoms with Crippen LogP contribution in [0.4, 0.5) is 0 Å². The molecule has 0 atom stereocenters. The van der Waals surface area contributed by atoms with Crippen molar-refractivity contribution >= 4 is 0 Å². The fraction of sp³-hybridized carbons (Fsp3) is 0.111. The summed E-state index contributed by atoms with van der Waals surface area (Å²) in [5.41, 5.74) is 2.52. The molecule has 0 bridgehead atoms. The molecule has 2 heterocycles. The van der Waals surface area contributed by atoms with Gasteiger partial charge in [0.1, 0.15) is 11.4 Å². The average molecular weight is 290 g/mol. The highest BCUT2D eigenvalue weighted by Gasteiger charge is 2.44. The highest BCUT2D eigenvalue weighted by Crippen LogP contribution is 2.48. The standard InChI is InChI=1S/C18H14N2O2/c1-22-13-8-6-12(7-9-13)18(21)14-4-2-10-19-16(14)17-15(18)5-3-11-20-17/h2-11,21H,1H3. The summed E-state index contributed by atoms with van der Waals surface area (Å²) in [5, 5.41) is 11.5. The second-order valence-electron chi connectivity index (χ2n) is 5.24. The van der Waals surface area contributed by atoms with Crippen LogP contribution in [0.5, 0.6) is 5.75 Å². The summed E-state index contributed by atoms with van der Waals surface area (Å²) in [5.74, 6) is 0.753. The van der Waals surface area contributed by atoms with Gasteiger partial charge in [0.05, 0.1) is 18.5 Å². The van der Waals surface area contributed by atoms with Crippen LogP contribution in [0.15, 0.2) is 60.9 Å². The minimum Gasteiger partial charge on any atom is -0.497 e. The van der Waals surface area contributed by atoms with Crippen molar-refractivity contribution in [2.75, 3.05) is 7.11 Å². The van der Waals surface area contributed by atoms with Crippen molar-refractivity contribution in [2.24, 2.45) is 0 Å². The van der Waals surface area contributed by atoms with Crippen LogP contribution in [0.25, 0.3) is 11.4 Å². The van der Waals surface area contributed by atoms with Gasteiger partial charge in [0, 0.05) is 23.5 Å². The molecule has 0 fully saturated rings. The topological polar surface area (TPSA) is 55.2 Å². The number of methoxy groups -OCH3 is 1. The monoisotopic (exact) mass is 290 g/mol. The van der Waals surface area contributed by atoms with E-state index in [-0.39, 0.29) is 0 Å². The molecule has 1 aliphatic carbocycles. The Morgan fingerprint density at radius 3 is 1.91 bits per heavy atom. The zero-order valence-electron chi connectivity index (χ0n) is 12.0. The van der Waals surface area contributed by atoms with E-state index in [0.29, 0.717) is 0 Å². The van der Waals surface area contributed by atoms with Gasteiger partial charge in [-0.05, 0) is 29.8 Å². The average Bonchev–Trinajstić information content (AvgIpc) is 2.86. The van der Waals surface area contributed by atoms with Crippen LogP contribution >= 0.6 is 0 Å². The molecule has 3 aromatic rings. The Labute approximate surface area is 128 Å². The van der Waals surface area contributed by atoms with Gasteiger partial charge in [-0.3, -0.25) is 9.97 Å². The fourth-order valence-electron chi connectivity index (χ4n) is 3.06. The zero-order chi connectivity index (χ0) is 15.2. The Morgan fingerprint density at radius 2 is 1.41 bits per heavy atom. The SMILES string of the molecule is COc1ccc(C2(O)c3cccnc3-c3ncccc32)cc1. The van der Waals surface area contributed by atoms with Crippen molar-refractivity contribution in [2.45, 2.75) is 5.60 Å². The van der Waals surface area contributed by atoms with Crippen molar-refractivity contribution in [3.63, 3.8) is 0 Å². The molecule has 0 amide bonds. The zero-order valence-corrected chi connectivity index (χ0v) is 12.0. The summed E-state index contributed by atoms with van der Waals surface area (Å²) in [7, 11) is 1.62. The quantitative estimate of drug-likeness (QED) is 0.788. The van der Waals surface area contributed by atoms with Crippen molar-refractivity contribution in [3.8, 4) is 17.1 Å². The summed E-state index contributed by atoms with van der Waals surface area (Å²) in [4.78, 5) is 8.82. The minimum atomic E-state index is -1.24. The lowest BCUT2D eigenvalue weighted by atomic mass is 9.85. The molecule has 108 valence electrons. The van der Waals surface area contributed by atoms with E-state index >= 15 is 0 Å². The highest BCUT2D eigenvalue weighted by molar-refractivity contribution is 5.76. The van der Waals surface area contributed by atoms with Gasteiger partial charge in [-0.15, -0.1) is 0 Å². The predicted octanol–water partition coefficient (Wildman–Crippen LogP) is 2.75. The summed E-state index contributed by atoms with van der Waals surface area (Å²) in [6.45, 7) is 0. The summed E-state index contributed by atoms with van der Waals surface area (Å²) >= 11 is 0. The Kier molecular flexibility index (Phi) is 2.74. The summed E-state index contributed by atoms with van der Waals surface area (Å²) in [6, 6.07) is 14.9. The van der Waals surface area contributed by atoms with Gasteiger partial charge in [0.15, 0.2) is 0 Å². The maximum atomic E-state index is 11.5. The third kappa shape index (κ3) is 1.61. The van der Waals surface area contributed by atoms with Gasteiger partial charge in [-0.1, -0.05) is 24.3 Å². The fourth-order valence-corrected chi connectivity index (χ4v) is 3.06. The first-order chi connectivity index (χ1) is 10.7. The van der Waals surface area contributed by atoms with Gasteiger partial charge in [0.25, 0.3) is 0 Å². The number of hydrogen-bond donors (Lipinski definition) is 1. The van der Waals surface area contributed by atoms with Crippen molar-refractivity contribution in [1.29, 1.82) is 0 Å². The first-order valence-corrected chi connectivity index (χ1v) is 7.03. The smallest absolute Gasteiger partial charge is 0.144 e. The molecule has 0 saturated heterocycles. The van der Waals surface area contributed by atoms with Crippen LogP contribution in [0.1, 0.15) is 16.7 Å². The van der Waals surface area contributed by atoms with Crippen LogP contribution in [0.3, 0.4) is 0 Å². The van der Waals surface area contributed by atoms with Crippen LogP contribution in [-0.4, -0.2) is 22.2 Å². The van der Waals surface area contributed by atoms with E-state index in [2.05, 4.69) is 9.97 Å². The number of aromatic nitrogens is 2. The molecule has 2 aromatic heterocycles. The molecule has 1 aliphatic rings. The van der Waals surface area contributed by atoms with E-state index in [4.69, 9.17) is 4.74 Å². The van der Waals surface area contributed by atoms with Crippen molar-refractivity contribution in [3.05, 3.63) is 77.6 Å². The molecule has 4 heteroatoms. The molecule has 0 unspecified atom stereocenters. The third-order valence-corrected chi connectivity index (χ3v) is 4.13. The second kappa shape index (κ2) is 4.64.